The molecule has 3 aliphatic carbocycles. The van der Waals surface area contributed by atoms with Crippen molar-refractivity contribution in [2.45, 2.75) is 37.5 Å². The van der Waals surface area contributed by atoms with Gasteiger partial charge in [0.1, 0.15) is 0 Å². The minimum Gasteiger partial charge on any atom is -0.309 e. The SMILES string of the molecule is CC1(C)c2ccccc2-c2cccc(-c3ccccc3N(c3ccc4c(c3)C3(CCc5ccccc53)c3ccccc3-4)c3ccc4ccccc4c3-c3ccccc3)c21. The van der Waals surface area contributed by atoms with E-state index >= 15 is 0 Å². The van der Waals surface area contributed by atoms with Crippen LogP contribution >= 0.6 is 0 Å². The van der Waals surface area contributed by atoms with E-state index in [1.165, 1.54) is 88.7 Å². The normalized spacial score (nSPS) is 16.4. The van der Waals surface area contributed by atoms with Gasteiger partial charge in [0.2, 0.25) is 0 Å². The van der Waals surface area contributed by atoms with Crippen LogP contribution in [0.15, 0.2) is 200 Å². The summed E-state index contributed by atoms with van der Waals surface area (Å²) in [6, 6.07) is 75.2. The first-order chi connectivity index (χ1) is 29.0. The Balaban J connectivity index is 1.16. The molecule has 0 aromatic heterocycles. The second kappa shape index (κ2) is 12.8. The molecule has 1 nitrogen and oxygen atoms in total. The van der Waals surface area contributed by atoms with Gasteiger partial charge in [-0.2, -0.15) is 0 Å². The van der Waals surface area contributed by atoms with Gasteiger partial charge in [-0.3, -0.25) is 0 Å². The highest BCUT2D eigenvalue weighted by Gasteiger charge is 2.48. The molecule has 1 spiro atoms. The van der Waals surface area contributed by atoms with Crippen LogP contribution in [0.2, 0.25) is 0 Å². The number of anilines is 3. The van der Waals surface area contributed by atoms with Crippen LogP contribution < -0.4 is 4.90 Å². The Morgan fingerprint density at radius 1 is 0.424 bits per heavy atom. The second-order valence-electron chi connectivity index (χ2n) is 17.1. The molecule has 0 saturated heterocycles. The highest BCUT2D eigenvalue weighted by molar-refractivity contribution is 6.07. The monoisotopic (exact) mass is 753 g/mol. The zero-order chi connectivity index (χ0) is 39.3. The summed E-state index contributed by atoms with van der Waals surface area (Å²) >= 11 is 0. The summed E-state index contributed by atoms with van der Waals surface area (Å²) in [6.07, 6.45) is 2.13. The second-order valence-corrected chi connectivity index (χ2v) is 17.1. The van der Waals surface area contributed by atoms with Crippen molar-refractivity contribution in [3.63, 3.8) is 0 Å². The zero-order valence-electron chi connectivity index (χ0n) is 33.4. The first-order valence-electron chi connectivity index (χ1n) is 21.1. The third-order valence-corrected chi connectivity index (χ3v) is 13.9. The highest BCUT2D eigenvalue weighted by atomic mass is 15.1. The number of hydrogen-bond acceptors (Lipinski definition) is 1. The van der Waals surface area contributed by atoms with Crippen LogP contribution in [0.1, 0.15) is 53.6 Å². The van der Waals surface area contributed by atoms with E-state index in [2.05, 4.69) is 219 Å². The topological polar surface area (TPSA) is 3.24 Å². The van der Waals surface area contributed by atoms with Crippen molar-refractivity contribution in [2.75, 3.05) is 4.90 Å². The van der Waals surface area contributed by atoms with Crippen molar-refractivity contribution in [3.8, 4) is 44.5 Å². The Hall–Kier alpha value is -6.96. The molecule has 0 heterocycles. The Morgan fingerprint density at radius 2 is 1.03 bits per heavy atom. The van der Waals surface area contributed by atoms with Gasteiger partial charge < -0.3 is 4.90 Å². The average molecular weight is 754 g/mol. The first kappa shape index (κ1) is 34.1. The minimum absolute atomic E-state index is 0.166. The van der Waals surface area contributed by atoms with Gasteiger partial charge >= 0.3 is 0 Å². The average Bonchev–Trinajstić information content (AvgIpc) is 3.90. The Labute approximate surface area is 346 Å². The standard InChI is InChI=1S/C58H43N/c1-57(2)50-28-13-9-23-44(50)47-25-16-26-48(56(47)57)46-24-11-15-30-53(46)59(54-34-31-38-17-6-8-21-42(38)55(54)40-19-4-3-5-20-40)41-32-33-45-43-22-10-14-29-51(43)58(52(45)37-41)36-35-39-18-7-12-27-49(39)58/h3-34,37H,35-36H2,1-2H3. The van der Waals surface area contributed by atoms with Crippen LogP contribution in [0.5, 0.6) is 0 Å². The van der Waals surface area contributed by atoms with Crippen molar-refractivity contribution in [1.29, 1.82) is 0 Å². The van der Waals surface area contributed by atoms with Gasteiger partial charge in [0.15, 0.2) is 0 Å². The van der Waals surface area contributed by atoms with Crippen LogP contribution in [0.25, 0.3) is 55.3 Å². The molecule has 0 aliphatic heterocycles. The molecule has 3 aliphatic rings. The molecule has 0 radical (unpaired) electrons. The van der Waals surface area contributed by atoms with E-state index < -0.39 is 0 Å². The molecule has 1 heteroatoms. The quantitative estimate of drug-likeness (QED) is 0.169. The molecular weight excluding hydrogens is 711 g/mol. The van der Waals surface area contributed by atoms with Gasteiger partial charge in [0.25, 0.3) is 0 Å². The molecule has 9 aromatic carbocycles. The van der Waals surface area contributed by atoms with E-state index in [0.29, 0.717) is 0 Å². The van der Waals surface area contributed by atoms with E-state index in [1.54, 1.807) is 0 Å². The number of para-hydroxylation sites is 1. The fraction of sp³-hybridized carbons (Fsp3) is 0.103. The molecule has 280 valence electrons. The fourth-order valence-electron chi connectivity index (χ4n) is 11.4. The molecule has 0 saturated carbocycles. The van der Waals surface area contributed by atoms with Gasteiger partial charge in [0, 0.05) is 27.6 Å². The molecule has 0 fully saturated rings. The van der Waals surface area contributed by atoms with Crippen molar-refractivity contribution < 1.29 is 0 Å². The van der Waals surface area contributed by atoms with Gasteiger partial charge in [-0.25, -0.2) is 0 Å². The number of hydrogen-bond donors (Lipinski definition) is 0. The third-order valence-electron chi connectivity index (χ3n) is 13.9. The van der Waals surface area contributed by atoms with Crippen molar-refractivity contribution in [1.82, 2.24) is 0 Å². The first-order valence-corrected chi connectivity index (χ1v) is 21.1. The summed E-state index contributed by atoms with van der Waals surface area (Å²) in [4.78, 5) is 2.58. The predicted octanol–water partition coefficient (Wildman–Crippen LogP) is 15.2. The Kier molecular flexibility index (Phi) is 7.38. The largest absolute Gasteiger partial charge is 0.309 e. The van der Waals surface area contributed by atoms with E-state index in [9.17, 15) is 0 Å². The number of fused-ring (bicyclic) bond motifs is 11. The van der Waals surface area contributed by atoms with Crippen molar-refractivity contribution >= 4 is 27.8 Å². The van der Waals surface area contributed by atoms with E-state index in [4.69, 9.17) is 0 Å². The molecule has 9 aromatic rings. The highest BCUT2D eigenvalue weighted by Crippen LogP contribution is 2.60. The minimum atomic E-state index is -0.203. The van der Waals surface area contributed by atoms with Crippen LogP contribution in [-0.2, 0) is 17.3 Å². The molecule has 12 rings (SSSR count). The summed E-state index contributed by atoms with van der Waals surface area (Å²) in [5.41, 5.74) is 22.0. The summed E-state index contributed by atoms with van der Waals surface area (Å²) in [5, 5.41) is 2.47. The predicted molar refractivity (Wildman–Crippen MR) is 247 cm³/mol. The fourth-order valence-corrected chi connectivity index (χ4v) is 11.4. The maximum absolute atomic E-state index is 2.58. The Morgan fingerprint density at radius 3 is 1.86 bits per heavy atom. The van der Waals surface area contributed by atoms with E-state index in [1.807, 2.05) is 0 Å². The third kappa shape index (κ3) is 4.79. The molecule has 0 amide bonds. The number of rotatable bonds is 5. The molecule has 1 atom stereocenters. The maximum Gasteiger partial charge on any atom is 0.0546 e. The summed E-state index contributed by atoms with van der Waals surface area (Å²) in [6.45, 7) is 4.80. The smallest absolute Gasteiger partial charge is 0.0546 e. The van der Waals surface area contributed by atoms with Gasteiger partial charge in [0.05, 0.1) is 11.4 Å². The van der Waals surface area contributed by atoms with Crippen LogP contribution in [0, 0.1) is 0 Å². The van der Waals surface area contributed by atoms with E-state index in [0.717, 1.165) is 29.9 Å². The molecule has 0 bridgehead atoms. The lowest BCUT2D eigenvalue weighted by atomic mass is 9.73. The van der Waals surface area contributed by atoms with E-state index in [-0.39, 0.29) is 10.8 Å². The van der Waals surface area contributed by atoms with Crippen LogP contribution in [0.4, 0.5) is 17.1 Å². The van der Waals surface area contributed by atoms with Gasteiger partial charge in [-0.1, -0.05) is 190 Å². The summed E-state index contributed by atoms with van der Waals surface area (Å²) in [5.74, 6) is 0. The Bertz CT molecular complexity index is 3150. The lowest BCUT2D eigenvalue weighted by Crippen LogP contribution is -2.24. The van der Waals surface area contributed by atoms with Crippen LogP contribution in [0.3, 0.4) is 0 Å². The number of benzene rings is 9. The zero-order valence-corrected chi connectivity index (χ0v) is 33.4. The van der Waals surface area contributed by atoms with Gasteiger partial charge in [-0.05, 0) is 115 Å². The lowest BCUT2D eigenvalue weighted by molar-refractivity contribution is 0.626. The molecular formula is C58H43N. The lowest BCUT2D eigenvalue weighted by Gasteiger charge is -2.33. The molecule has 59 heavy (non-hydrogen) atoms. The van der Waals surface area contributed by atoms with Crippen molar-refractivity contribution in [3.05, 3.63) is 234 Å². The number of aryl methyl sites for hydroxylation is 1. The van der Waals surface area contributed by atoms with Crippen LogP contribution in [-0.4, -0.2) is 0 Å². The van der Waals surface area contributed by atoms with Gasteiger partial charge in [-0.15, -0.1) is 0 Å². The summed E-state index contributed by atoms with van der Waals surface area (Å²) in [7, 11) is 0. The summed E-state index contributed by atoms with van der Waals surface area (Å²) < 4.78 is 0. The number of nitrogens with zero attached hydrogens (tertiary/aromatic N) is 1. The molecule has 0 N–H and O–H groups in total. The maximum atomic E-state index is 2.58. The molecule has 1 unspecified atom stereocenters. The van der Waals surface area contributed by atoms with Crippen molar-refractivity contribution in [2.24, 2.45) is 0 Å².